The number of aliphatic carboxylic acids is 1. The van der Waals surface area contributed by atoms with E-state index < -0.39 is 21.2 Å². The number of rotatable bonds is 4. The highest BCUT2D eigenvalue weighted by atomic mass is 32.2. The highest BCUT2D eigenvalue weighted by Crippen LogP contribution is 2.19. The second-order valence-electron chi connectivity index (χ2n) is 3.35. The Morgan fingerprint density at radius 2 is 2.06 bits per heavy atom. The lowest BCUT2D eigenvalue weighted by Gasteiger charge is -2.08. The van der Waals surface area contributed by atoms with Gasteiger partial charge in [-0.2, -0.15) is 0 Å². The number of hydrogen-bond donors (Lipinski definition) is 2. The standard InChI is InChI=1S/C8H12N2O5S/c1-4-5(2)9-15-7(4)10-16(13,14)6(3)8(11)12/h6,10H,1-3H3,(H,11,12). The van der Waals surface area contributed by atoms with Crippen LogP contribution in [0, 0.1) is 13.8 Å². The lowest BCUT2D eigenvalue weighted by Crippen LogP contribution is -2.32. The van der Waals surface area contributed by atoms with Crippen LogP contribution >= 0.6 is 0 Å². The van der Waals surface area contributed by atoms with Gasteiger partial charge >= 0.3 is 5.97 Å². The number of carboxylic acid groups (broad SMARTS) is 1. The topological polar surface area (TPSA) is 110 Å². The molecule has 0 aromatic carbocycles. The summed E-state index contributed by atoms with van der Waals surface area (Å²) < 4.78 is 29.8. The summed E-state index contributed by atoms with van der Waals surface area (Å²) in [6.07, 6.45) is 0. The Bertz CT molecular complexity index is 504. The Morgan fingerprint density at radius 3 is 2.44 bits per heavy atom. The predicted octanol–water partition coefficient (Wildman–Crippen LogP) is 0.506. The molecule has 1 aromatic heterocycles. The molecule has 1 unspecified atom stereocenters. The van der Waals surface area contributed by atoms with Crippen molar-refractivity contribution in [3.63, 3.8) is 0 Å². The third-order valence-corrected chi connectivity index (χ3v) is 3.81. The number of anilines is 1. The van der Waals surface area contributed by atoms with Gasteiger partial charge in [0.1, 0.15) is 0 Å². The van der Waals surface area contributed by atoms with E-state index in [1.54, 1.807) is 13.8 Å². The summed E-state index contributed by atoms with van der Waals surface area (Å²) >= 11 is 0. The molecule has 0 aliphatic carbocycles. The van der Waals surface area contributed by atoms with Crippen LogP contribution in [0.1, 0.15) is 18.2 Å². The van der Waals surface area contributed by atoms with Crippen molar-refractivity contribution in [2.75, 3.05) is 4.72 Å². The molecular formula is C8H12N2O5S. The minimum Gasteiger partial charge on any atom is -0.480 e. The van der Waals surface area contributed by atoms with Crippen molar-refractivity contribution in [2.45, 2.75) is 26.0 Å². The van der Waals surface area contributed by atoms with Crippen molar-refractivity contribution in [1.82, 2.24) is 5.16 Å². The second kappa shape index (κ2) is 4.12. The van der Waals surface area contributed by atoms with E-state index in [4.69, 9.17) is 9.63 Å². The molecule has 7 nitrogen and oxygen atoms in total. The van der Waals surface area contributed by atoms with E-state index >= 15 is 0 Å². The van der Waals surface area contributed by atoms with Crippen molar-refractivity contribution >= 4 is 21.9 Å². The number of carbonyl (C=O) groups is 1. The van der Waals surface area contributed by atoms with Crippen molar-refractivity contribution in [1.29, 1.82) is 0 Å². The summed E-state index contributed by atoms with van der Waals surface area (Å²) in [7, 11) is -4.01. The molecule has 1 heterocycles. The van der Waals surface area contributed by atoms with E-state index in [0.29, 0.717) is 11.3 Å². The number of carboxylic acids is 1. The van der Waals surface area contributed by atoms with Crippen LogP contribution in [0.4, 0.5) is 5.88 Å². The average molecular weight is 248 g/mol. The van der Waals surface area contributed by atoms with Crippen LogP contribution in [0.2, 0.25) is 0 Å². The summed E-state index contributed by atoms with van der Waals surface area (Å²) in [6, 6.07) is 0. The van der Waals surface area contributed by atoms with E-state index in [1.165, 1.54) is 0 Å². The SMILES string of the molecule is Cc1noc(NS(=O)(=O)C(C)C(=O)O)c1C. The maximum absolute atomic E-state index is 11.5. The summed E-state index contributed by atoms with van der Waals surface area (Å²) in [5, 5.41) is 10.6. The Kier molecular flexibility index (Phi) is 3.22. The van der Waals surface area contributed by atoms with Gasteiger partial charge in [-0.1, -0.05) is 5.16 Å². The zero-order valence-electron chi connectivity index (χ0n) is 9.01. The molecule has 0 saturated carbocycles. The lowest BCUT2D eigenvalue weighted by atomic mass is 10.3. The number of aryl methyl sites for hydroxylation is 1. The molecule has 0 bridgehead atoms. The van der Waals surface area contributed by atoms with E-state index in [1.807, 2.05) is 0 Å². The Morgan fingerprint density at radius 1 is 1.50 bits per heavy atom. The summed E-state index contributed by atoms with van der Waals surface area (Å²) in [5.41, 5.74) is 1.07. The van der Waals surface area contributed by atoms with Gasteiger partial charge in [-0.15, -0.1) is 0 Å². The largest absolute Gasteiger partial charge is 0.480 e. The summed E-state index contributed by atoms with van der Waals surface area (Å²) in [6.45, 7) is 4.34. The third kappa shape index (κ3) is 2.32. The molecule has 16 heavy (non-hydrogen) atoms. The normalized spacial score (nSPS) is 13.4. The molecule has 90 valence electrons. The molecule has 0 spiro atoms. The molecule has 8 heteroatoms. The zero-order valence-corrected chi connectivity index (χ0v) is 9.83. The molecule has 2 N–H and O–H groups in total. The Balaban J connectivity index is 2.98. The van der Waals surface area contributed by atoms with Gasteiger partial charge in [0.05, 0.1) is 5.69 Å². The molecule has 0 fully saturated rings. The van der Waals surface area contributed by atoms with Crippen LogP contribution in [0.15, 0.2) is 4.52 Å². The number of hydrogen-bond acceptors (Lipinski definition) is 5. The molecule has 0 radical (unpaired) electrons. The van der Waals surface area contributed by atoms with Crippen LogP contribution in [0.25, 0.3) is 0 Å². The first-order valence-corrected chi connectivity index (χ1v) is 5.97. The maximum atomic E-state index is 11.5. The zero-order chi connectivity index (χ0) is 12.5. The average Bonchev–Trinajstić information content (AvgIpc) is 2.48. The predicted molar refractivity (Wildman–Crippen MR) is 55.6 cm³/mol. The Hall–Kier alpha value is -1.57. The molecule has 0 amide bonds. The fourth-order valence-electron chi connectivity index (χ4n) is 0.861. The van der Waals surface area contributed by atoms with Crippen molar-refractivity contribution < 1.29 is 22.8 Å². The smallest absolute Gasteiger partial charge is 0.323 e. The molecule has 0 saturated heterocycles. The van der Waals surface area contributed by atoms with Crippen molar-refractivity contribution in [3.8, 4) is 0 Å². The first-order chi connectivity index (χ1) is 7.25. The summed E-state index contributed by atoms with van der Waals surface area (Å²) in [5.74, 6) is -1.48. The van der Waals surface area contributed by atoms with Crippen LogP contribution in [-0.4, -0.2) is 29.9 Å². The highest BCUT2D eigenvalue weighted by Gasteiger charge is 2.29. The highest BCUT2D eigenvalue weighted by molar-refractivity contribution is 7.94. The van der Waals surface area contributed by atoms with Gasteiger partial charge in [0.2, 0.25) is 15.9 Å². The first-order valence-electron chi connectivity index (χ1n) is 4.43. The van der Waals surface area contributed by atoms with Crippen molar-refractivity contribution in [2.24, 2.45) is 0 Å². The molecule has 0 aliphatic heterocycles. The Labute approximate surface area is 92.5 Å². The van der Waals surface area contributed by atoms with Crippen LogP contribution in [0.3, 0.4) is 0 Å². The summed E-state index contributed by atoms with van der Waals surface area (Å²) in [4.78, 5) is 10.6. The number of aromatic nitrogens is 1. The molecular weight excluding hydrogens is 236 g/mol. The molecule has 0 aliphatic rings. The van der Waals surface area contributed by atoms with Gasteiger partial charge in [-0.25, -0.2) is 8.42 Å². The minimum atomic E-state index is -4.01. The molecule has 1 rings (SSSR count). The fourth-order valence-corrected chi connectivity index (χ4v) is 1.75. The van der Waals surface area contributed by atoms with Crippen LogP contribution in [0.5, 0.6) is 0 Å². The number of sulfonamides is 1. The van der Waals surface area contributed by atoms with Gasteiger partial charge in [0, 0.05) is 5.56 Å². The second-order valence-corrected chi connectivity index (χ2v) is 5.35. The maximum Gasteiger partial charge on any atom is 0.323 e. The number of nitrogens with zero attached hydrogens (tertiary/aromatic N) is 1. The van der Waals surface area contributed by atoms with Crippen molar-refractivity contribution in [3.05, 3.63) is 11.3 Å². The fraction of sp³-hybridized carbons (Fsp3) is 0.500. The van der Waals surface area contributed by atoms with E-state index in [-0.39, 0.29) is 5.88 Å². The van der Waals surface area contributed by atoms with Gasteiger partial charge in [-0.3, -0.25) is 9.52 Å². The lowest BCUT2D eigenvalue weighted by molar-refractivity contribution is -0.136. The van der Waals surface area contributed by atoms with Crippen LogP contribution in [-0.2, 0) is 14.8 Å². The van der Waals surface area contributed by atoms with E-state index in [2.05, 4.69) is 9.88 Å². The number of nitrogens with one attached hydrogen (secondary N) is 1. The van der Waals surface area contributed by atoms with Gasteiger partial charge in [0.15, 0.2) is 5.25 Å². The van der Waals surface area contributed by atoms with E-state index in [9.17, 15) is 13.2 Å². The van der Waals surface area contributed by atoms with Crippen LogP contribution < -0.4 is 4.72 Å². The minimum absolute atomic E-state index is 0.0504. The van der Waals surface area contributed by atoms with Gasteiger partial charge in [0.25, 0.3) is 0 Å². The van der Waals surface area contributed by atoms with E-state index in [0.717, 1.165) is 6.92 Å². The molecule has 1 aromatic rings. The monoisotopic (exact) mass is 248 g/mol. The quantitative estimate of drug-likeness (QED) is 0.803. The third-order valence-electron chi connectivity index (χ3n) is 2.21. The van der Waals surface area contributed by atoms with Gasteiger partial charge < -0.3 is 9.63 Å². The first kappa shape index (κ1) is 12.5. The molecule has 1 atom stereocenters. The van der Waals surface area contributed by atoms with Gasteiger partial charge in [-0.05, 0) is 20.8 Å².